The van der Waals surface area contributed by atoms with E-state index in [1.807, 2.05) is 0 Å². The Labute approximate surface area is 163 Å². The van der Waals surface area contributed by atoms with Gasteiger partial charge in [0.2, 0.25) is 0 Å². The molecule has 0 saturated heterocycles. The minimum absolute atomic E-state index is 0.416. The number of hydrogen-bond donors (Lipinski definition) is 2. The maximum atomic E-state index is 10.7. The number of aliphatic carboxylic acids is 1. The lowest BCUT2D eigenvalue weighted by atomic mass is 10.0. The Balaban J connectivity index is 3.04. The average molecular weight is 370 g/mol. The van der Waals surface area contributed by atoms with E-state index in [2.05, 4.69) is 12.2 Å². The first-order valence-corrected chi connectivity index (χ1v) is 11.6. The number of carboxylic acid groups (broad SMARTS) is 1. The topological polar surface area (TPSA) is 49.3 Å². The van der Waals surface area contributed by atoms with Crippen LogP contribution in [0.25, 0.3) is 0 Å². The molecule has 0 rings (SSSR count). The van der Waals surface area contributed by atoms with Crippen LogP contribution in [0.3, 0.4) is 0 Å². The Hall–Kier alpha value is -0.570. The molecule has 0 aromatic carbocycles. The van der Waals surface area contributed by atoms with E-state index >= 15 is 0 Å². The largest absolute Gasteiger partial charge is 0.480 e. The lowest BCUT2D eigenvalue weighted by Gasteiger charge is -2.08. The molecular weight excluding hydrogens is 322 g/mol. The first kappa shape index (κ1) is 25.4. The van der Waals surface area contributed by atoms with E-state index in [-0.39, 0.29) is 0 Å². The Bertz CT molecular complexity index is 294. The predicted molar refractivity (Wildman–Crippen MR) is 114 cm³/mol. The Kier molecular flexibility index (Phi) is 20.3. The molecule has 3 nitrogen and oxygen atoms in total. The van der Waals surface area contributed by atoms with Gasteiger partial charge in [0.05, 0.1) is 0 Å². The van der Waals surface area contributed by atoms with Gasteiger partial charge in [-0.1, -0.05) is 116 Å². The third-order valence-electron chi connectivity index (χ3n) is 5.35. The average Bonchev–Trinajstić information content (AvgIpc) is 2.63. The summed E-state index contributed by atoms with van der Waals surface area (Å²) in [5.41, 5.74) is 0. The minimum Gasteiger partial charge on any atom is -0.480 e. The van der Waals surface area contributed by atoms with Crippen molar-refractivity contribution in [3.8, 4) is 0 Å². The highest BCUT2D eigenvalue weighted by molar-refractivity contribution is 5.72. The molecule has 0 amide bonds. The molecule has 2 N–H and O–H groups in total. The van der Waals surface area contributed by atoms with Crippen molar-refractivity contribution < 1.29 is 9.90 Å². The SMILES string of the molecule is CCCCCCCCCCCCCCCCCCCCNC(C)C(=O)O. The second kappa shape index (κ2) is 20.7. The number of hydrogen-bond acceptors (Lipinski definition) is 2. The zero-order chi connectivity index (χ0) is 19.3. The summed E-state index contributed by atoms with van der Waals surface area (Å²) in [6.45, 7) is 4.81. The lowest BCUT2D eigenvalue weighted by molar-refractivity contribution is -0.138. The van der Waals surface area contributed by atoms with Gasteiger partial charge in [-0.15, -0.1) is 0 Å². The van der Waals surface area contributed by atoms with Crippen molar-refractivity contribution in [2.24, 2.45) is 0 Å². The number of carboxylic acids is 1. The lowest BCUT2D eigenvalue weighted by Crippen LogP contribution is -2.34. The third kappa shape index (κ3) is 19.8. The van der Waals surface area contributed by atoms with Crippen LogP contribution >= 0.6 is 0 Å². The summed E-state index contributed by atoms with van der Waals surface area (Å²) < 4.78 is 0. The van der Waals surface area contributed by atoms with Gasteiger partial charge in [0.15, 0.2) is 0 Å². The molecule has 1 unspecified atom stereocenters. The fraction of sp³-hybridized carbons (Fsp3) is 0.957. The van der Waals surface area contributed by atoms with Gasteiger partial charge in [0.1, 0.15) is 6.04 Å². The van der Waals surface area contributed by atoms with E-state index in [1.165, 1.54) is 109 Å². The van der Waals surface area contributed by atoms with Crippen molar-refractivity contribution in [1.29, 1.82) is 0 Å². The van der Waals surface area contributed by atoms with Gasteiger partial charge in [0, 0.05) is 0 Å². The van der Waals surface area contributed by atoms with E-state index in [4.69, 9.17) is 5.11 Å². The van der Waals surface area contributed by atoms with Crippen molar-refractivity contribution in [3.63, 3.8) is 0 Å². The van der Waals surface area contributed by atoms with Gasteiger partial charge in [-0.25, -0.2) is 0 Å². The van der Waals surface area contributed by atoms with Crippen LogP contribution in [0.1, 0.15) is 129 Å². The molecule has 0 fully saturated rings. The third-order valence-corrected chi connectivity index (χ3v) is 5.35. The first-order chi connectivity index (χ1) is 12.7. The molecule has 0 aliphatic rings. The van der Waals surface area contributed by atoms with Crippen LogP contribution in [0.4, 0.5) is 0 Å². The second-order valence-corrected chi connectivity index (χ2v) is 8.02. The maximum absolute atomic E-state index is 10.7. The van der Waals surface area contributed by atoms with Crippen LogP contribution in [0.15, 0.2) is 0 Å². The summed E-state index contributed by atoms with van der Waals surface area (Å²) in [5.74, 6) is -0.757. The van der Waals surface area contributed by atoms with Crippen LogP contribution in [-0.2, 0) is 4.79 Å². The van der Waals surface area contributed by atoms with Crippen LogP contribution in [0.2, 0.25) is 0 Å². The van der Waals surface area contributed by atoms with Gasteiger partial charge in [-0.2, -0.15) is 0 Å². The number of carbonyl (C=O) groups is 1. The van der Waals surface area contributed by atoms with Crippen molar-refractivity contribution in [2.75, 3.05) is 6.54 Å². The molecule has 0 saturated carbocycles. The Morgan fingerprint density at radius 1 is 0.654 bits per heavy atom. The van der Waals surface area contributed by atoms with Gasteiger partial charge < -0.3 is 10.4 Å². The fourth-order valence-corrected chi connectivity index (χ4v) is 3.43. The zero-order valence-electron chi connectivity index (χ0n) is 17.9. The molecule has 1 atom stereocenters. The van der Waals surface area contributed by atoms with Gasteiger partial charge in [-0.3, -0.25) is 4.79 Å². The predicted octanol–water partition coefficient (Wildman–Crippen LogP) is 7.09. The summed E-state index contributed by atoms with van der Waals surface area (Å²) in [5, 5.41) is 11.8. The summed E-state index contributed by atoms with van der Waals surface area (Å²) in [6.07, 6.45) is 24.9. The molecular formula is C23H47NO2. The smallest absolute Gasteiger partial charge is 0.320 e. The Morgan fingerprint density at radius 3 is 1.27 bits per heavy atom. The molecule has 3 heteroatoms. The van der Waals surface area contributed by atoms with Crippen LogP contribution in [0.5, 0.6) is 0 Å². The fourth-order valence-electron chi connectivity index (χ4n) is 3.43. The van der Waals surface area contributed by atoms with E-state index in [0.29, 0.717) is 0 Å². The second-order valence-electron chi connectivity index (χ2n) is 8.02. The van der Waals surface area contributed by atoms with E-state index in [0.717, 1.165) is 13.0 Å². The van der Waals surface area contributed by atoms with Crippen molar-refractivity contribution in [2.45, 2.75) is 135 Å². The molecule has 0 heterocycles. The zero-order valence-corrected chi connectivity index (χ0v) is 17.9. The van der Waals surface area contributed by atoms with Crippen molar-refractivity contribution in [3.05, 3.63) is 0 Å². The van der Waals surface area contributed by atoms with Gasteiger partial charge in [0.25, 0.3) is 0 Å². The van der Waals surface area contributed by atoms with Gasteiger partial charge in [-0.05, 0) is 19.9 Å². The number of rotatable bonds is 21. The summed E-state index contributed by atoms with van der Waals surface area (Å²) in [7, 11) is 0. The van der Waals surface area contributed by atoms with E-state index in [1.54, 1.807) is 6.92 Å². The highest BCUT2D eigenvalue weighted by Crippen LogP contribution is 2.14. The molecule has 0 aliphatic heterocycles. The normalized spacial score (nSPS) is 12.4. The number of nitrogens with one attached hydrogen (secondary N) is 1. The Morgan fingerprint density at radius 2 is 0.962 bits per heavy atom. The van der Waals surface area contributed by atoms with E-state index in [9.17, 15) is 4.79 Å². The highest BCUT2D eigenvalue weighted by Gasteiger charge is 2.07. The molecule has 26 heavy (non-hydrogen) atoms. The van der Waals surface area contributed by atoms with Crippen LogP contribution < -0.4 is 5.32 Å². The quantitative estimate of drug-likeness (QED) is 0.212. The summed E-state index contributed by atoms with van der Waals surface area (Å²) in [6, 6.07) is -0.416. The monoisotopic (exact) mass is 369 g/mol. The van der Waals surface area contributed by atoms with E-state index < -0.39 is 12.0 Å². The summed E-state index contributed by atoms with van der Waals surface area (Å²) in [4.78, 5) is 10.7. The standard InChI is InChI=1S/C23H47NO2/c1-3-4-5-6-7-8-9-10-11-12-13-14-15-16-17-18-19-20-21-24-22(2)23(25)26/h22,24H,3-21H2,1-2H3,(H,25,26). The maximum Gasteiger partial charge on any atom is 0.320 e. The van der Waals surface area contributed by atoms with Crippen molar-refractivity contribution >= 4 is 5.97 Å². The number of unbranched alkanes of at least 4 members (excludes halogenated alkanes) is 17. The molecule has 0 bridgehead atoms. The molecule has 0 spiro atoms. The van der Waals surface area contributed by atoms with Crippen LogP contribution in [-0.4, -0.2) is 23.7 Å². The van der Waals surface area contributed by atoms with Gasteiger partial charge >= 0.3 is 5.97 Å². The van der Waals surface area contributed by atoms with Crippen LogP contribution in [0, 0.1) is 0 Å². The van der Waals surface area contributed by atoms with Crippen molar-refractivity contribution in [1.82, 2.24) is 5.32 Å². The summed E-state index contributed by atoms with van der Waals surface area (Å²) >= 11 is 0. The minimum atomic E-state index is -0.757. The molecule has 156 valence electrons. The first-order valence-electron chi connectivity index (χ1n) is 11.6. The molecule has 0 aromatic rings. The highest BCUT2D eigenvalue weighted by atomic mass is 16.4. The molecule has 0 aromatic heterocycles. The molecule has 0 aliphatic carbocycles. The molecule has 0 radical (unpaired) electrons.